The summed E-state index contributed by atoms with van der Waals surface area (Å²) in [5.41, 5.74) is 7.84. The van der Waals surface area contributed by atoms with Crippen LogP contribution in [0.25, 0.3) is 22.5 Å². The number of halogens is 1. The number of ether oxygens (including phenoxy) is 1. The van der Waals surface area contributed by atoms with Gasteiger partial charge in [-0.25, -0.2) is 9.80 Å². The summed E-state index contributed by atoms with van der Waals surface area (Å²) in [6, 6.07) is 12.7. The van der Waals surface area contributed by atoms with Crippen LogP contribution in [-0.2, 0) is 11.3 Å². The van der Waals surface area contributed by atoms with Crippen molar-refractivity contribution >= 4 is 29.9 Å². The minimum Gasteiger partial charge on any atom is -0.395 e. The number of amides is 2. The second-order valence-electron chi connectivity index (χ2n) is 8.97. The molecule has 0 saturated carbocycles. The molecule has 1 aliphatic heterocycles. The number of urea groups is 1. The molecule has 1 aliphatic carbocycles. The number of nitrogens with one attached hydrogen (secondary N) is 3. The predicted octanol–water partition coefficient (Wildman–Crippen LogP) is 1.87. The number of benzene rings is 2. The maximum atomic E-state index is 13.6. The molecule has 0 bridgehead atoms. The Hall–Kier alpha value is -3.32. The first kappa shape index (κ1) is 27.7. The number of hydrogen-bond donors (Lipinski definition) is 5. The van der Waals surface area contributed by atoms with Gasteiger partial charge in [-0.05, 0) is 11.6 Å². The summed E-state index contributed by atoms with van der Waals surface area (Å²) in [6.45, 7) is 3.87. The maximum Gasteiger partial charge on any atom is 0.333 e. The zero-order valence-corrected chi connectivity index (χ0v) is 21.6. The highest BCUT2D eigenvalue weighted by atomic mass is 35.5. The zero-order valence-electron chi connectivity index (χ0n) is 20.8. The first-order chi connectivity index (χ1) is 18.1. The van der Waals surface area contributed by atoms with E-state index in [1.54, 1.807) is 17.1 Å². The van der Waals surface area contributed by atoms with E-state index in [4.69, 9.17) is 4.74 Å². The zero-order chi connectivity index (χ0) is 25.8. The van der Waals surface area contributed by atoms with Crippen LogP contribution in [-0.4, -0.2) is 94.7 Å². The molecule has 202 valence electrons. The molecule has 12 heteroatoms. The number of H-pyrrole nitrogens is 1. The topological polar surface area (TPSA) is 143 Å². The smallest absolute Gasteiger partial charge is 0.333 e. The molecule has 2 heterocycles. The number of carbonyl (C=O) groups is 2. The SMILES string of the molecule is Cl.O=C(Nc1cccc2c1C(=O)c1c(-c3ccc(CN(CCO)CCO)cc3)n[nH]c1-2)NN1CCOCC1. The number of aromatic amines is 1. The molecule has 2 aromatic carbocycles. The van der Waals surface area contributed by atoms with Crippen LogP contribution in [0.3, 0.4) is 0 Å². The van der Waals surface area contributed by atoms with Crippen molar-refractivity contribution < 1.29 is 24.5 Å². The number of nitrogens with zero attached hydrogens (tertiary/aromatic N) is 3. The van der Waals surface area contributed by atoms with Crippen molar-refractivity contribution in [3.8, 4) is 22.5 Å². The van der Waals surface area contributed by atoms with Crippen LogP contribution in [0.4, 0.5) is 10.5 Å². The lowest BCUT2D eigenvalue weighted by molar-refractivity contribution is 0.0207. The van der Waals surface area contributed by atoms with Crippen LogP contribution >= 0.6 is 12.4 Å². The number of hydrazine groups is 1. The molecule has 3 aromatic rings. The number of fused-ring (bicyclic) bond motifs is 3. The molecule has 5 rings (SSSR count). The van der Waals surface area contributed by atoms with Gasteiger partial charge in [-0.15, -0.1) is 12.4 Å². The normalized spacial score (nSPS) is 14.7. The van der Waals surface area contributed by atoms with Gasteiger partial charge in [0.15, 0.2) is 5.78 Å². The molecule has 38 heavy (non-hydrogen) atoms. The van der Waals surface area contributed by atoms with E-state index in [2.05, 4.69) is 20.9 Å². The van der Waals surface area contributed by atoms with Gasteiger partial charge in [-0.1, -0.05) is 36.4 Å². The largest absolute Gasteiger partial charge is 0.395 e. The number of rotatable bonds is 9. The first-order valence-corrected chi connectivity index (χ1v) is 12.3. The van der Waals surface area contributed by atoms with E-state index in [0.717, 1.165) is 11.1 Å². The number of aromatic nitrogens is 2. The minimum atomic E-state index is -0.413. The summed E-state index contributed by atoms with van der Waals surface area (Å²) < 4.78 is 5.30. The summed E-state index contributed by atoms with van der Waals surface area (Å²) in [7, 11) is 0. The second kappa shape index (κ2) is 12.5. The van der Waals surface area contributed by atoms with E-state index in [-0.39, 0.29) is 31.4 Å². The highest BCUT2D eigenvalue weighted by Crippen LogP contribution is 2.42. The summed E-state index contributed by atoms with van der Waals surface area (Å²) >= 11 is 0. The van der Waals surface area contributed by atoms with Crippen molar-refractivity contribution in [2.75, 3.05) is 57.9 Å². The van der Waals surface area contributed by atoms with Crippen LogP contribution in [0.5, 0.6) is 0 Å². The second-order valence-corrected chi connectivity index (χ2v) is 8.97. The number of ketones is 1. The lowest BCUT2D eigenvalue weighted by Gasteiger charge is -2.27. The fraction of sp³-hybridized carbons (Fsp3) is 0.346. The molecule has 11 nitrogen and oxygen atoms in total. The monoisotopic (exact) mass is 542 g/mol. The Morgan fingerprint density at radius 3 is 2.45 bits per heavy atom. The molecule has 0 unspecified atom stereocenters. The Morgan fingerprint density at radius 2 is 1.76 bits per heavy atom. The third kappa shape index (κ3) is 5.73. The molecule has 0 spiro atoms. The third-order valence-corrected chi connectivity index (χ3v) is 6.54. The lowest BCUT2D eigenvalue weighted by Crippen LogP contribution is -2.49. The van der Waals surface area contributed by atoms with Crippen molar-refractivity contribution in [2.24, 2.45) is 0 Å². The Kier molecular flexibility index (Phi) is 9.10. The van der Waals surface area contributed by atoms with Gasteiger partial charge in [0.1, 0.15) is 5.69 Å². The minimum absolute atomic E-state index is 0. The Labute approximate surface area is 226 Å². The van der Waals surface area contributed by atoms with Crippen molar-refractivity contribution in [1.29, 1.82) is 0 Å². The predicted molar refractivity (Wildman–Crippen MR) is 144 cm³/mol. The van der Waals surface area contributed by atoms with Crippen molar-refractivity contribution in [3.05, 3.63) is 59.2 Å². The van der Waals surface area contributed by atoms with Crippen molar-refractivity contribution in [2.45, 2.75) is 6.54 Å². The average molecular weight is 543 g/mol. The van der Waals surface area contributed by atoms with E-state index in [1.165, 1.54) is 0 Å². The fourth-order valence-corrected chi connectivity index (χ4v) is 4.75. The molecule has 5 N–H and O–H groups in total. The van der Waals surface area contributed by atoms with Crippen LogP contribution in [0, 0.1) is 0 Å². The van der Waals surface area contributed by atoms with Gasteiger partial charge in [-0.2, -0.15) is 5.10 Å². The summed E-state index contributed by atoms with van der Waals surface area (Å²) in [5, 5.41) is 30.5. The van der Waals surface area contributed by atoms with E-state index in [0.29, 0.717) is 79.7 Å². The van der Waals surface area contributed by atoms with Gasteiger partial charge < -0.3 is 20.3 Å². The molecule has 0 atom stereocenters. The standard InChI is InChI=1S/C26H30N6O5.ClH/c33-12-8-31(9-13-34)16-17-4-6-18(7-5-17)23-22-24(29-28-23)19-2-1-3-20(21(19)25(22)35)27-26(36)30-32-10-14-37-15-11-32;/h1-7,33-34H,8-16H2,(H,28,29)(H2,27,30,36);1H. The molecule has 2 amide bonds. The summed E-state index contributed by atoms with van der Waals surface area (Å²) in [4.78, 5) is 28.2. The lowest BCUT2D eigenvalue weighted by atomic mass is 10.0. The van der Waals surface area contributed by atoms with Gasteiger partial charge in [0.2, 0.25) is 0 Å². The van der Waals surface area contributed by atoms with Crippen LogP contribution in [0.2, 0.25) is 0 Å². The fourth-order valence-electron chi connectivity index (χ4n) is 4.75. The first-order valence-electron chi connectivity index (χ1n) is 12.3. The number of morpholine rings is 1. The Bertz CT molecular complexity index is 1270. The highest BCUT2D eigenvalue weighted by molar-refractivity contribution is 6.26. The number of aliphatic hydroxyl groups is 2. The van der Waals surface area contributed by atoms with Crippen LogP contribution in [0.15, 0.2) is 42.5 Å². The Balaban J connectivity index is 0.00000336. The number of aliphatic hydroxyl groups excluding tert-OH is 2. The summed E-state index contributed by atoms with van der Waals surface area (Å²) in [6.07, 6.45) is 0. The molecular weight excluding hydrogens is 512 g/mol. The highest BCUT2D eigenvalue weighted by Gasteiger charge is 2.35. The summed E-state index contributed by atoms with van der Waals surface area (Å²) in [5.74, 6) is -0.197. The maximum absolute atomic E-state index is 13.6. The molecule has 1 saturated heterocycles. The van der Waals surface area contributed by atoms with Gasteiger partial charge in [0.05, 0.1) is 48.9 Å². The van der Waals surface area contributed by atoms with Crippen molar-refractivity contribution in [3.63, 3.8) is 0 Å². The number of anilines is 1. The molecule has 1 aromatic heterocycles. The van der Waals surface area contributed by atoms with Crippen LogP contribution < -0.4 is 10.7 Å². The average Bonchev–Trinajstić information content (AvgIpc) is 3.46. The quantitative estimate of drug-likeness (QED) is 0.216. The van der Waals surface area contributed by atoms with Gasteiger partial charge in [0, 0.05) is 43.9 Å². The molecule has 1 fully saturated rings. The van der Waals surface area contributed by atoms with Gasteiger partial charge in [0.25, 0.3) is 0 Å². The van der Waals surface area contributed by atoms with E-state index >= 15 is 0 Å². The number of carbonyl (C=O) groups excluding carboxylic acids is 2. The molecule has 0 radical (unpaired) electrons. The van der Waals surface area contributed by atoms with Gasteiger partial charge >= 0.3 is 6.03 Å². The molecule has 2 aliphatic rings. The van der Waals surface area contributed by atoms with Gasteiger partial charge in [-0.3, -0.25) is 20.2 Å². The Morgan fingerprint density at radius 1 is 1.05 bits per heavy atom. The van der Waals surface area contributed by atoms with E-state index < -0.39 is 6.03 Å². The van der Waals surface area contributed by atoms with E-state index in [1.807, 2.05) is 35.2 Å². The van der Waals surface area contributed by atoms with Crippen molar-refractivity contribution in [1.82, 2.24) is 25.5 Å². The molecular formula is C26H31ClN6O5. The van der Waals surface area contributed by atoms with E-state index in [9.17, 15) is 19.8 Å². The third-order valence-electron chi connectivity index (χ3n) is 6.54. The van der Waals surface area contributed by atoms with Crippen LogP contribution in [0.1, 0.15) is 21.5 Å². The number of hydrogen-bond acceptors (Lipinski definition) is 8.